The molecule has 1 aliphatic rings. The van der Waals surface area contributed by atoms with Crippen LogP contribution in [-0.2, 0) is 21.4 Å². The van der Waals surface area contributed by atoms with E-state index in [1.807, 2.05) is 26.4 Å². The predicted octanol–water partition coefficient (Wildman–Crippen LogP) is 4.22. The Balaban J connectivity index is 0.000000532. The van der Waals surface area contributed by atoms with Gasteiger partial charge in [-0.05, 0) is 80.0 Å². The molecule has 1 amide bonds. The number of nitrogens with zero attached hydrogens (tertiary/aromatic N) is 2. The molecule has 0 atom stereocenters. The molecule has 0 spiro atoms. The summed E-state index contributed by atoms with van der Waals surface area (Å²) in [7, 11) is 0.918. The number of carbonyl (C=O) groups is 2. The molecule has 1 aromatic carbocycles. The first-order valence-electron chi connectivity index (χ1n) is 12.1. The number of halogens is 3. The van der Waals surface area contributed by atoms with Crippen LogP contribution in [0.5, 0.6) is 0 Å². The number of carboxylic acid groups (broad SMARTS) is 1. The molecule has 0 aliphatic carbocycles. The van der Waals surface area contributed by atoms with Crippen molar-refractivity contribution >= 4 is 44.1 Å². The highest BCUT2D eigenvalue weighted by atomic mass is 32.2. The highest BCUT2D eigenvalue weighted by molar-refractivity contribution is 7.89. The van der Waals surface area contributed by atoms with Gasteiger partial charge in [0, 0.05) is 36.1 Å². The van der Waals surface area contributed by atoms with Crippen molar-refractivity contribution in [3.8, 4) is 10.4 Å². The van der Waals surface area contributed by atoms with E-state index in [1.54, 1.807) is 22.6 Å². The van der Waals surface area contributed by atoms with Crippen LogP contribution in [0.3, 0.4) is 0 Å². The molecule has 4 rings (SSSR count). The summed E-state index contributed by atoms with van der Waals surface area (Å²) in [5.41, 5.74) is 10.3. The number of hydrogen-bond donors (Lipinski definition) is 3. The number of piperidine rings is 1. The molecular formula is C25H31F3N4O5S2. The fourth-order valence-corrected chi connectivity index (χ4v) is 6.56. The van der Waals surface area contributed by atoms with E-state index in [0.717, 1.165) is 46.3 Å². The van der Waals surface area contributed by atoms with Crippen LogP contribution in [0, 0.1) is 0 Å². The number of thiophene rings is 1. The van der Waals surface area contributed by atoms with Crippen molar-refractivity contribution in [2.24, 2.45) is 5.73 Å². The third-order valence-corrected chi connectivity index (χ3v) is 9.33. The molecule has 1 fully saturated rings. The number of amides is 1. The molecule has 214 valence electrons. The van der Waals surface area contributed by atoms with Gasteiger partial charge >= 0.3 is 12.1 Å². The molecule has 0 radical (unpaired) electrons. The van der Waals surface area contributed by atoms with Crippen molar-refractivity contribution in [1.29, 1.82) is 0 Å². The maximum absolute atomic E-state index is 12.2. The van der Waals surface area contributed by atoms with Gasteiger partial charge < -0.3 is 20.7 Å². The van der Waals surface area contributed by atoms with Crippen molar-refractivity contribution in [2.45, 2.75) is 38.4 Å². The smallest absolute Gasteiger partial charge is 0.475 e. The number of primary amides is 1. The lowest BCUT2D eigenvalue weighted by Crippen LogP contribution is -2.38. The minimum atomic E-state index is -5.08. The molecule has 4 N–H and O–H groups in total. The lowest BCUT2D eigenvalue weighted by atomic mass is 9.89. The lowest BCUT2D eigenvalue weighted by Gasteiger charge is -2.31. The summed E-state index contributed by atoms with van der Waals surface area (Å²) in [5, 5.41) is 10.3. The molecule has 2 aromatic heterocycles. The third-order valence-electron chi connectivity index (χ3n) is 6.42. The van der Waals surface area contributed by atoms with Crippen LogP contribution in [0.15, 0.2) is 29.8 Å². The minimum Gasteiger partial charge on any atom is -0.475 e. The average molecular weight is 589 g/mol. The zero-order chi connectivity index (χ0) is 29.1. The van der Waals surface area contributed by atoms with Crippen molar-refractivity contribution in [2.75, 3.05) is 32.9 Å². The number of aliphatic carboxylic acids is 1. The molecule has 0 unspecified atom stereocenters. The Morgan fingerprint density at radius 3 is 2.33 bits per heavy atom. The summed E-state index contributed by atoms with van der Waals surface area (Å²) in [5.74, 6) is -2.85. The van der Waals surface area contributed by atoms with Crippen LogP contribution in [-0.4, -0.2) is 78.7 Å². The number of alkyl halides is 3. The quantitative estimate of drug-likeness (QED) is 0.378. The fraction of sp³-hybridized carbons (Fsp3) is 0.440. The molecule has 3 aromatic rings. The number of aromatic amines is 1. The van der Waals surface area contributed by atoms with Crippen molar-refractivity contribution < 1.29 is 36.3 Å². The number of nitrogens with one attached hydrogen (secondary N) is 1. The van der Waals surface area contributed by atoms with E-state index >= 15 is 0 Å². The van der Waals surface area contributed by atoms with Crippen LogP contribution in [0.4, 0.5) is 13.2 Å². The second kappa shape index (κ2) is 12.1. The summed E-state index contributed by atoms with van der Waals surface area (Å²) in [6.45, 7) is 3.59. The molecule has 9 nitrogen and oxygen atoms in total. The molecule has 39 heavy (non-hydrogen) atoms. The van der Waals surface area contributed by atoms with Gasteiger partial charge in [0.05, 0.1) is 16.8 Å². The third kappa shape index (κ3) is 7.38. The second-order valence-electron chi connectivity index (χ2n) is 9.49. The monoisotopic (exact) mass is 588 g/mol. The molecule has 1 aliphatic heterocycles. The first-order valence-corrected chi connectivity index (χ1v) is 14.6. The molecule has 0 bridgehead atoms. The minimum absolute atomic E-state index is 0.132. The van der Waals surface area contributed by atoms with Gasteiger partial charge in [0.15, 0.2) is 0 Å². The highest BCUT2D eigenvalue weighted by Gasteiger charge is 2.38. The van der Waals surface area contributed by atoms with Gasteiger partial charge in [-0.1, -0.05) is 0 Å². The lowest BCUT2D eigenvalue weighted by molar-refractivity contribution is -0.192. The van der Waals surface area contributed by atoms with E-state index in [0.29, 0.717) is 18.7 Å². The Morgan fingerprint density at radius 1 is 1.21 bits per heavy atom. The fourth-order valence-electron chi connectivity index (χ4n) is 4.53. The van der Waals surface area contributed by atoms with Gasteiger partial charge in [0.2, 0.25) is 10.0 Å². The highest BCUT2D eigenvalue weighted by Crippen LogP contribution is 2.38. The molecule has 3 heterocycles. The number of carbonyl (C=O) groups excluding carboxylic acids is 1. The number of hydrogen-bond acceptors (Lipinski definition) is 6. The van der Waals surface area contributed by atoms with E-state index in [1.165, 1.54) is 5.56 Å². The number of benzene rings is 1. The number of carboxylic acids is 1. The Hall–Kier alpha value is -2.94. The molecule has 1 saturated heterocycles. The first-order chi connectivity index (χ1) is 18.1. The summed E-state index contributed by atoms with van der Waals surface area (Å²) >= 11 is 1.66. The van der Waals surface area contributed by atoms with Crippen LogP contribution in [0.2, 0.25) is 0 Å². The van der Waals surface area contributed by atoms with Crippen LogP contribution >= 0.6 is 11.3 Å². The van der Waals surface area contributed by atoms with E-state index in [-0.39, 0.29) is 11.7 Å². The largest absolute Gasteiger partial charge is 0.490 e. The topological polar surface area (TPSA) is 137 Å². The first kappa shape index (κ1) is 30.6. The summed E-state index contributed by atoms with van der Waals surface area (Å²) in [6.07, 6.45) is -1.61. The zero-order valence-corrected chi connectivity index (χ0v) is 23.3. The van der Waals surface area contributed by atoms with E-state index in [4.69, 9.17) is 15.6 Å². The number of aromatic nitrogens is 1. The summed E-state index contributed by atoms with van der Waals surface area (Å²) in [6, 6.07) is 6.16. The number of rotatable bonds is 7. The van der Waals surface area contributed by atoms with Gasteiger partial charge in [-0.3, -0.25) is 4.79 Å². The predicted molar refractivity (Wildman–Crippen MR) is 144 cm³/mol. The number of fused-ring (bicyclic) bond motifs is 1. The van der Waals surface area contributed by atoms with Crippen LogP contribution in [0.25, 0.3) is 21.3 Å². The maximum atomic E-state index is 12.2. The summed E-state index contributed by atoms with van der Waals surface area (Å²) < 4.78 is 57.8. The Kier molecular flexibility index (Phi) is 9.47. The number of nitrogens with two attached hydrogens (primary N) is 1. The second-order valence-corrected chi connectivity index (χ2v) is 12.7. The van der Waals surface area contributed by atoms with Gasteiger partial charge in [0.25, 0.3) is 5.91 Å². The Bertz CT molecular complexity index is 1440. The van der Waals surface area contributed by atoms with Crippen LogP contribution in [0.1, 0.15) is 47.2 Å². The van der Waals surface area contributed by atoms with Crippen molar-refractivity contribution in [3.63, 3.8) is 0 Å². The normalized spacial score (nSPS) is 15.4. The Labute approximate surface area is 228 Å². The van der Waals surface area contributed by atoms with E-state index in [2.05, 4.69) is 27.4 Å². The van der Waals surface area contributed by atoms with E-state index in [9.17, 15) is 26.4 Å². The van der Waals surface area contributed by atoms with Gasteiger partial charge in [-0.25, -0.2) is 17.5 Å². The van der Waals surface area contributed by atoms with Crippen molar-refractivity contribution in [1.82, 2.24) is 14.2 Å². The maximum Gasteiger partial charge on any atom is 0.490 e. The zero-order valence-electron chi connectivity index (χ0n) is 21.7. The number of H-pyrrole nitrogens is 1. The van der Waals surface area contributed by atoms with Gasteiger partial charge in [-0.2, -0.15) is 13.2 Å². The van der Waals surface area contributed by atoms with Gasteiger partial charge in [0.1, 0.15) is 0 Å². The van der Waals surface area contributed by atoms with Crippen molar-refractivity contribution in [3.05, 3.63) is 46.5 Å². The Morgan fingerprint density at radius 2 is 1.82 bits per heavy atom. The van der Waals surface area contributed by atoms with Crippen LogP contribution < -0.4 is 5.73 Å². The van der Waals surface area contributed by atoms with Gasteiger partial charge in [-0.15, -0.1) is 11.3 Å². The SMILES string of the molecule is CCS(=O)(=O)N1CCC(c2c[nH]c3c(C(N)=O)cc(-c4cc(CN(C)C)cs4)cc23)CC1.O=C(O)C(F)(F)F. The molecular weight excluding hydrogens is 557 g/mol. The molecule has 0 saturated carbocycles. The average Bonchev–Trinajstić information content (AvgIpc) is 3.50. The molecule has 14 heteroatoms. The number of sulfonamides is 1. The van der Waals surface area contributed by atoms with E-state index < -0.39 is 28.1 Å². The standard InChI is InChI=1S/C23H30N4O3S2.C2HF3O2/c1-4-32(29,30)27-7-5-16(6-8-27)20-12-25-22-18(20)10-17(11-19(22)23(24)28)21-9-15(14-31-21)13-26(2)3;3-2(4,5)1(6)7/h9-12,14,16,25H,4-8,13H2,1-3H3,(H2,24,28);(H,6,7). The summed E-state index contributed by atoms with van der Waals surface area (Å²) in [4.78, 5) is 27.6.